The van der Waals surface area contributed by atoms with Gasteiger partial charge in [0.2, 0.25) is 0 Å². The molecule has 0 bridgehead atoms. The molecule has 0 aromatic heterocycles. The fourth-order valence-corrected chi connectivity index (χ4v) is 2.84. The summed E-state index contributed by atoms with van der Waals surface area (Å²) in [4.78, 5) is 13.1. The van der Waals surface area contributed by atoms with Crippen LogP contribution in [0.15, 0.2) is 0 Å². The van der Waals surface area contributed by atoms with Crippen molar-refractivity contribution < 1.29 is 14.6 Å². The SMILES string of the molecule is CCC(CC(=O)O)N1CC(C)(C)OC(C)(C)C1. The smallest absolute Gasteiger partial charge is 0.304 e. The zero-order valence-corrected chi connectivity index (χ0v) is 11.6. The number of rotatable bonds is 4. The van der Waals surface area contributed by atoms with Crippen LogP contribution in [0, 0.1) is 0 Å². The molecule has 1 heterocycles. The summed E-state index contributed by atoms with van der Waals surface area (Å²) in [6.07, 6.45) is 1.07. The standard InChI is InChI=1S/C13H25NO3/c1-6-10(7-11(15)16)14-8-12(2,3)17-13(4,5)9-14/h10H,6-9H2,1-5H3,(H,15,16). The molecular weight excluding hydrogens is 218 g/mol. The predicted molar refractivity (Wildman–Crippen MR) is 67.1 cm³/mol. The van der Waals surface area contributed by atoms with E-state index in [0.717, 1.165) is 19.5 Å². The molecule has 1 rings (SSSR count). The van der Waals surface area contributed by atoms with E-state index in [2.05, 4.69) is 32.6 Å². The molecule has 17 heavy (non-hydrogen) atoms. The Morgan fingerprint density at radius 3 is 2.12 bits per heavy atom. The summed E-state index contributed by atoms with van der Waals surface area (Å²) in [6.45, 7) is 11.9. The second kappa shape index (κ2) is 4.94. The highest BCUT2D eigenvalue weighted by Gasteiger charge is 2.40. The maximum absolute atomic E-state index is 10.9. The molecule has 1 saturated heterocycles. The van der Waals surface area contributed by atoms with E-state index < -0.39 is 5.97 Å². The van der Waals surface area contributed by atoms with Gasteiger partial charge in [0.1, 0.15) is 0 Å². The van der Waals surface area contributed by atoms with E-state index in [0.29, 0.717) is 0 Å². The van der Waals surface area contributed by atoms with Gasteiger partial charge in [-0.2, -0.15) is 0 Å². The van der Waals surface area contributed by atoms with Crippen molar-refractivity contribution in [3.05, 3.63) is 0 Å². The van der Waals surface area contributed by atoms with Crippen molar-refractivity contribution in [1.82, 2.24) is 4.90 Å². The third-order valence-electron chi connectivity index (χ3n) is 3.12. The molecule has 1 unspecified atom stereocenters. The number of ether oxygens (including phenoxy) is 1. The molecule has 0 spiro atoms. The topological polar surface area (TPSA) is 49.8 Å². The first-order valence-corrected chi connectivity index (χ1v) is 6.31. The first-order chi connectivity index (χ1) is 7.65. The third-order valence-corrected chi connectivity index (χ3v) is 3.12. The van der Waals surface area contributed by atoms with E-state index in [1.54, 1.807) is 0 Å². The van der Waals surface area contributed by atoms with Gasteiger partial charge in [-0.15, -0.1) is 0 Å². The van der Waals surface area contributed by atoms with Crippen molar-refractivity contribution in [1.29, 1.82) is 0 Å². The van der Waals surface area contributed by atoms with Gasteiger partial charge in [0.15, 0.2) is 0 Å². The second-order valence-corrected chi connectivity index (χ2v) is 6.19. The summed E-state index contributed by atoms with van der Waals surface area (Å²) in [5, 5.41) is 8.95. The zero-order chi connectivity index (χ0) is 13.3. The Kier molecular flexibility index (Phi) is 4.20. The van der Waals surface area contributed by atoms with Crippen LogP contribution in [0.1, 0.15) is 47.5 Å². The van der Waals surface area contributed by atoms with Crippen molar-refractivity contribution in [2.45, 2.75) is 64.7 Å². The molecule has 1 N–H and O–H groups in total. The molecule has 1 fully saturated rings. The lowest BCUT2D eigenvalue weighted by molar-refractivity contribution is -0.189. The Bertz CT molecular complexity index is 270. The van der Waals surface area contributed by atoms with Crippen molar-refractivity contribution >= 4 is 5.97 Å². The Morgan fingerprint density at radius 1 is 1.29 bits per heavy atom. The minimum Gasteiger partial charge on any atom is -0.481 e. The Labute approximate surface area is 104 Å². The Balaban J connectivity index is 2.77. The molecule has 0 aromatic rings. The van der Waals surface area contributed by atoms with Crippen molar-refractivity contribution in [2.24, 2.45) is 0 Å². The van der Waals surface area contributed by atoms with Crippen molar-refractivity contribution in [2.75, 3.05) is 13.1 Å². The minimum atomic E-state index is -0.723. The van der Waals surface area contributed by atoms with Crippen LogP contribution in [0.3, 0.4) is 0 Å². The average Bonchev–Trinajstić information content (AvgIpc) is 2.08. The molecule has 4 heteroatoms. The quantitative estimate of drug-likeness (QED) is 0.821. The summed E-state index contributed by atoms with van der Waals surface area (Å²) in [5.41, 5.74) is -0.429. The number of nitrogens with zero attached hydrogens (tertiary/aromatic N) is 1. The first-order valence-electron chi connectivity index (χ1n) is 6.31. The molecule has 0 radical (unpaired) electrons. The summed E-state index contributed by atoms with van der Waals surface area (Å²) in [5.74, 6) is -0.723. The molecular formula is C13H25NO3. The van der Waals surface area contributed by atoms with Crippen molar-refractivity contribution in [3.8, 4) is 0 Å². The van der Waals surface area contributed by atoms with Gasteiger partial charge in [-0.25, -0.2) is 0 Å². The van der Waals surface area contributed by atoms with E-state index >= 15 is 0 Å². The van der Waals surface area contributed by atoms with Gasteiger partial charge in [0.05, 0.1) is 17.6 Å². The van der Waals surface area contributed by atoms with Crippen LogP contribution in [0.5, 0.6) is 0 Å². The van der Waals surface area contributed by atoms with Gasteiger partial charge < -0.3 is 9.84 Å². The molecule has 1 aliphatic rings. The Morgan fingerprint density at radius 2 is 1.76 bits per heavy atom. The normalized spacial score (nSPS) is 25.5. The lowest BCUT2D eigenvalue weighted by atomic mass is 9.96. The van der Waals surface area contributed by atoms with Crippen molar-refractivity contribution in [3.63, 3.8) is 0 Å². The van der Waals surface area contributed by atoms with Gasteiger partial charge in [0.25, 0.3) is 0 Å². The molecule has 0 amide bonds. The van der Waals surface area contributed by atoms with Crippen LogP contribution < -0.4 is 0 Å². The number of carboxylic acid groups (broad SMARTS) is 1. The number of carboxylic acids is 1. The number of carbonyl (C=O) groups is 1. The van der Waals surface area contributed by atoms with Gasteiger partial charge in [-0.3, -0.25) is 9.69 Å². The van der Waals surface area contributed by atoms with Crippen LogP contribution in [0.4, 0.5) is 0 Å². The van der Waals surface area contributed by atoms with E-state index in [1.807, 2.05) is 6.92 Å². The summed E-state index contributed by atoms with van der Waals surface area (Å²) >= 11 is 0. The van der Waals surface area contributed by atoms with Crippen LogP contribution in [0.2, 0.25) is 0 Å². The molecule has 4 nitrogen and oxygen atoms in total. The minimum absolute atomic E-state index is 0.106. The number of morpholine rings is 1. The highest BCUT2D eigenvalue weighted by Crippen LogP contribution is 2.30. The summed E-state index contributed by atoms with van der Waals surface area (Å²) < 4.78 is 6.00. The largest absolute Gasteiger partial charge is 0.481 e. The predicted octanol–water partition coefficient (Wildman–Crippen LogP) is 2.13. The fraction of sp³-hybridized carbons (Fsp3) is 0.923. The van der Waals surface area contributed by atoms with E-state index in [9.17, 15) is 4.79 Å². The van der Waals surface area contributed by atoms with Crippen LogP contribution in [-0.2, 0) is 9.53 Å². The molecule has 0 aliphatic carbocycles. The number of aliphatic carboxylic acids is 1. The first kappa shape index (κ1) is 14.5. The van der Waals surface area contributed by atoms with Crippen LogP contribution >= 0.6 is 0 Å². The molecule has 0 saturated carbocycles. The highest BCUT2D eigenvalue weighted by molar-refractivity contribution is 5.67. The van der Waals surface area contributed by atoms with Gasteiger partial charge in [0, 0.05) is 19.1 Å². The summed E-state index contributed by atoms with van der Waals surface area (Å²) in [6, 6.07) is 0.106. The van der Waals surface area contributed by atoms with Gasteiger partial charge >= 0.3 is 5.97 Å². The van der Waals surface area contributed by atoms with Gasteiger partial charge in [-0.1, -0.05) is 6.92 Å². The Hall–Kier alpha value is -0.610. The lowest BCUT2D eigenvalue weighted by Crippen LogP contribution is -2.59. The second-order valence-electron chi connectivity index (χ2n) is 6.19. The third kappa shape index (κ3) is 4.28. The van der Waals surface area contributed by atoms with Crippen LogP contribution in [-0.4, -0.2) is 46.3 Å². The number of hydrogen-bond acceptors (Lipinski definition) is 3. The van der Waals surface area contributed by atoms with E-state index in [4.69, 9.17) is 9.84 Å². The maximum atomic E-state index is 10.9. The molecule has 1 atom stereocenters. The molecule has 0 aromatic carbocycles. The van der Waals surface area contributed by atoms with Crippen LogP contribution in [0.25, 0.3) is 0 Å². The number of hydrogen-bond donors (Lipinski definition) is 1. The monoisotopic (exact) mass is 243 g/mol. The molecule has 100 valence electrons. The van der Waals surface area contributed by atoms with E-state index in [1.165, 1.54) is 0 Å². The average molecular weight is 243 g/mol. The molecule has 1 aliphatic heterocycles. The van der Waals surface area contributed by atoms with E-state index in [-0.39, 0.29) is 23.7 Å². The maximum Gasteiger partial charge on any atom is 0.304 e. The van der Waals surface area contributed by atoms with Gasteiger partial charge in [-0.05, 0) is 34.1 Å². The highest BCUT2D eigenvalue weighted by atomic mass is 16.5. The zero-order valence-electron chi connectivity index (χ0n) is 11.6. The fourth-order valence-electron chi connectivity index (χ4n) is 2.84. The summed E-state index contributed by atoms with van der Waals surface area (Å²) in [7, 11) is 0. The lowest BCUT2D eigenvalue weighted by Gasteiger charge is -2.49.